The molecule has 1 aliphatic heterocycles. The molecule has 3 amide bonds. The number of methoxy groups -OCH3 is 1. The van der Waals surface area contributed by atoms with E-state index >= 15 is 0 Å². The molecule has 7 heteroatoms. The molecule has 0 aromatic heterocycles. The molecule has 0 unspecified atom stereocenters. The second-order valence-corrected chi connectivity index (χ2v) is 6.90. The van der Waals surface area contributed by atoms with E-state index in [-0.39, 0.29) is 17.7 Å². The van der Waals surface area contributed by atoms with Gasteiger partial charge in [-0.1, -0.05) is 46.2 Å². The summed E-state index contributed by atoms with van der Waals surface area (Å²) < 4.78 is 4.84. The number of nitrogens with one attached hydrogen (secondary N) is 2. The maximum atomic E-state index is 13.1. The lowest BCUT2D eigenvalue weighted by Gasteiger charge is -2.39. The summed E-state index contributed by atoms with van der Waals surface area (Å²) in [5, 5.41) is 5.61. The third-order valence-corrected chi connectivity index (χ3v) is 4.77. The van der Waals surface area contributed by atoms with Crippen LogP contribution in [0.3, 0.4) is 0 Å². The van der Waals surface area contributed by atoms with E-state index in [1.165, 1.54) is 12.0 Å². The smallest absolute Gasteiger partial charge is 0.328 e. The summed E-state index contributed by atoms with van der Waals surface area (Å²) in [7, 11) is 1.30. The summed E-state index contributed by atoms with van der Waals surface area (Å²) in [6.45, 7) is 7.57. The third kappa shape index (κ3) is 3.81. The van der Waals surface area contributed by atoms with Gasteiger partial charge in [0.15, 0.2) is 0 Å². The summed E-state index contributed by atoms with van der Waals surface area (Å²) in [5.74, 6) is -0.942. The van der Waals surface area contributed by atoms with E-state index in [4.69, 9.17) is 4.74 Å². The molecule has 1 aromatic carbocycles. The van der Waals surface area contributed by atoms with Crippen molar-refractivity contribution in [3.8, 4) is 0 Å². The predicted molar refractivity (Wildman–Crippen MR) is 100.0 cm³/mol. The van der Waals surface area contributed by atoms with E-state index in [9.17, 15) is 14.4 Å². The molecule has 0 saturated carbocycles. The SMILES string of the molecule is CC[C@H](C)[C@@H](NC(=O)N1c2ccccc2NC(=O)[C@H]1C(C)C)C(=O)OC. The van der Waals surface area contributed by atoms with Crippen LogP contribution in [0.15, 0.2) is 24.3 Å². The zero-order valence-corrected chi connectivity index (χ0v) is 15.9. The second kappa shape index (κ2) is 8.21. The fourth-order valence-electron chi connectivity index (χ4n) is 3.10. The third-order valence-electron chi connectivity index (χ3n) is 4.77. The van der Waals surface area contributed by atoms with Crippen LogP contribution in [0.1, 0.15) is 34.1 Å². The number of benzene rings is 1. The van der Waals surface area contributed by atoms with Crippen molar-refractivity contribution in [2.24, 2.45) is 11.8 Å². The minimum atomic E-state index is -0.775. The number of urea groups is 1. The van der Waals surface area contributed by atoms with Crippen LogP contribution in [0.25, 0.3) is 0 Å². The summed E-state index contributed by atoms with van der Waals surface area (Å²) >= 11 is 0. The number of anilines is 2. The van der Waals surface area contributed by atoms with Crippen LogP contribution in [-0.2, 0) is 14.3 Å². The van der Waals surface area contributed by atoms with E-state index < -0.39 is 24.1 Å². The predicted octanol–water partition coefficient (Wildman–Crippen LogP) is 2.77. The van der Waals surface area contributed by atoms with Gasteiger partial charge in [0.05, 0.1) is 18.5 Å². The van der Waals surface area contributed by atoms with Gasteiger partial charge in [-0.3, -0.25) is 9.69 Å². The highest BCUT2D eigenvalue weighted by molar-refractivity contribution is 6.12. The molecule has 7 nitrogen and oxygen atoms in total. The standard InChI is InChI=1S/C19H27N3O4/c1-6-12(4)15(18(24)26-5)21-19(25)22-14-10-8-7-9-13(14)20-17(23)16(22)11(2)3/h7-12,15-16H,6H2,1-5H3,(H,20,23)(H,21,25)/t12-,15+,16+/m0/s1. The molecule has 1 heterocycles. The number of rotatable bonds is 5. The van der Waals surface area contributed by atoms with Crippen LogP contribution in [0.5, 0.6) is 0 Å². The van der Waals surface area contributed by atoms with Crippen molar-refractivity contribution in [1.29, 1.82) is 0 Å². The number of fused-ring (bicyclic) bond motifs is 1. The molecule has 26 heavy (non-hydrogen) atoms. The van der Waals surface area contributed by atoms with E-state index in [2.05, 4.69) is 10.6 Å². The highest BCUT2D eigenvalue weighted by atomic mass is 16.5. The number of esters is 1. The number of ether oxygens (including phenoxy) is 1. The first-order valence-corrected chi connectivity index (χ1v) is 8.89. The van der Waals surface area contributed by atoms with Crippen LogP contribution >= 0.6 is 0 Å². The van der Waals surface area contributed by atoms with Crippen molar-refractivity contribution in [3.63, 3.8) is 0 Å². The van der Waals surface area contributed by atoms with Crippen molar-refractivity contribution in [1.82, 2.24) is 5.32 Å². The Bertz CT molecular complexity index is 689. The molecular weight excluding hydrogens is 334 g/mol. The lowest BCUT2D eigenvalue weighted by Crippen LogP contribution is -2.59. The van der Waals surface area contributed by atoms with Gasteiger partial charge in [-0.25, -0.2) is 9.59 Å². The molecular formula is C19H27N3O4. The Kier molecular flexibility index (Phi) is 6.23. The van der Waals surface area contributed by atoms with Crippen molar-refractivity contribution in [2.45, 2.75) is 46.2 Å². The number of amides is 3. The van der Waals surface area contributed by atoms with Crippen molar-refractivity contribution >= 4 is 29.3 Å². The first kappa shape index (κ1) is 19.8. The van der Waals surface area contributed by atoms with Gasteiger partial charge in [0.2, 0.25) is 5.91 Å². The van der Waals surface area contributed by atoms with Gasteiger partial charge < -0.3 is 15.4 Å². The summed E-state index contributed by atoms with van der Waals surface area (Å²) in [4.78, 5) is 39.2. The Morgan fingerprint density at radius 1 is 1.27 bits per heavy atom. The van der Waals surface area contributed by atoms with Crippen LogP contribution in [0.4, 0.5) is 16.2 Å². The molecule has 0 spiro atoms. The molecule has 3 atom stereocenters. The van der Waals surface area contributed by atoms with Crippen LogP contribution in [-0.4, -0.2) is 37.1 Å². The Labute approximate surface area is 154 Å². The van der Waals surface area contributed by atoms with Gasteiger partial charge in [-0.05, 0) is 24.0 Å². The van der Waals surface area contributed by atoms with Crippen molar-refractivity contribution in [2.75, 3.05) is 17.3 Å². The average Bonchev–Trinajstić information content (AvgIpc) is 2.63. The minimum Gasteiger partial charge on any atom is -0.467 e. The Balaban J connectivity index is 2.39. The van der Waals surface area contributed by atoms with E-state index in [1.807, 2.05) is 27.7 Å². The minimum absolute atomic E-state index is 0.0993. The number of carbonyl (C=O) groups is 3. The molecule has 1 aliphatic rings. The van der Waals surface area contributed by atoms with Gasteiger partial charge in [-0.15, -0.1) is 0 Å². The largest absolute Gasteiger partial charge is 0.467 e. The number of hydrogen-bond acceptors (Lipinski definition) is 4. The molecule has 0 aliphatic carbocycles. The summed E-state index contributed by atoms with van der Waals surface area (Å²) in [6, 6.07) is 5.20. The lowest BCUT2D eigenvalue weighted by atomic mass is 9.97. The molecule has 0 fully saturated rings. The van der Waals surface area contributed by atoms with E-state index in [1.54, 1.807) is 24.3 Å². The summed E-state index contributed by atoms with van der Waals surface area (Å²) in [6.07, 6.45) is 0.699. The Morgan fingerprint density at radius 3 is 2.50 bits per heavy atom. The van der Waals surface area contributed by atoms with Gasteiger partial charge >= 0.3 is 12.0 Å². The topological polar surface area (TPSA) is 87.7 Å². The van der Waals surface area contributed by atoms with Gasteiger partial charge in [-0.2, -0.15) is 0 Å². The van der Waals surface area contributed by atoms with E-state index in [0.29, 0.717) is 17.8 Å². The van der Waals surface area contributed by atoms with E-state index in [0.717, 1.165) is 0 Å². The van der Waals surface area contributed by atoms with Gasteiger partial charge in [0.25, 0.3) is 0 Å². The lowest BCUT2D eigenvalue weighted by molar-refractivity contribution is -0.144. The molecule has 0 saturated heterocycles. The highest BCUT2D eigenvalue weighted by Gasteiger charge is 2.40. The number of hydrogen-bond donors (Lipinski definition) is 2. The molecule has 2 N–H and O–H groups in total. The molecule has 0 bridgehead atoms. The number of para-hydroxylation sites is 2. The molecule has 0 radical (unpaired) electrons. The average molecular weight is 361 g/mol. The maximum Gasteiger partial charge on any atom is 0.328 e. The number of carbonyl (C=O) groups excluding carboxylic acids is 3. The number of nitrogens with zero attached hydrogens (tertiary/aromatic N) is 1. The van der Waals surface area contributed by atoms with Crippen LogP contribution in [0.2, 0.25) is 0 Å². The second-order valence-electron chi connectivity index (χ2n) is 6.90. The fraction of sp³-hybridized carbons (Fsp3) is 0.526. The first-order valence-electron chi connectivity index (χ1n) is 8.89. The monoisotopic (exact) mass is 361 g/mol. The zero-order chi connectivity index (χ0) is 19.4. The fourth-order valence-corrected chi connectivity index (χ4v) is 3.10. The maximum absolute atomic E-state index is 13.1. The van der Waals surface area contributed by atoms with Crippen molar-refractivity contribution < 1.29 is 19.1 Å². The normalized spacial score (nSPS) is 18.6. The molecule has 2 rings (SSSR count). The molecule has 142 valence electrons. The van der Waals surface area contributed by atoms with Crippen LogP contribution < -0.4 is 15.5 Å². The molecule has 1 aromatic rings. The highest BCUT2D eigenvalue weighted by Crippen LogP contribution is 2.34. The summed E-state index contributed by atoms with van der Waals surface area (Å²) in [5.41, 5.74) is 1.18. The Hall–Kier alpha value is -2.57. The van der Waals surface area contributed by atoms with Crippen LogP contribution in [0, 0.1) is 11.8 Å². The van der Waals surface area contributed by atoms with Gasteiger partial charge in [0, 0.05) is 0 Å². The van der Waals surface area contributed by atoms with Crippen molar-refractivity contribution in [3.05, 3.63) is 24.3 Å². The van der Waals surface area contributed by atoms with Gasteiger partial charge in [0.1, 0.15) is 12.1 Å². The quantitative estimate of drug-likeness (QED) is 0.790. The Morgan fingerprint density at radius 2 is 1.92 bits per heavy atom. The zero-order valence-electron chi connectivity index (χ0n) is 15.9. The first-order chi connectivity index (χ1) is 12.3.